The maximum Gasteiger partial charge on any atom is 0.126 e. The monoisotopic (exact) mass is 317 g/mol. The number of hydrogen-bond acceptors (Lipinski definition) is 4. The van der Waals surface area contributed by atoms with Crippen molar-refractivity contribution in [3.8, 4) is 0 Å². The molecule has 2 aromatic heterocycles. The summed E-state index contributed by atoms with van der Waals surface area (Å²) in [5, 5.41) is 3.49. The normalized spacial score (nSPS) is 16.2. The van der Waals surface area contributed by atoms with Crippen LogP contribution in [0.2, 0.25) is 4.34 Å². The second kappa shape index (κ2) is 6.70. The minimum Gasteiger partial charge on any atom is -0.467 e. The van der Waals surface area contributed by atoms with Crippen molar-refractivity contribution in [3.63, 3.8) is 0 Å². The van der Waals surface area contributed by atoms with E-state index in [-0.39, 0.29) is 11.3 Å². The highest BCUT2D eigenvalue weighted by Gasteiger charge is 2.19. The van der Waals surface area contributed by atoms with Gasteiger partial charge in [0.25, 0.3) is 0 Å². The van der Waals surface area contributed by atoms with Crippen LogP contribution in [0.25, 0.3) is 0 Å². The Kier molecular flexibility index (Phi) is 5.21. The average Bonchev–Trinajstić information content (AvgIpc) is 3.01. The minimum atomic E-state index is -0.840. The Labute approximate surface area is 124 Å². The van der Waals surface area contributed by atoms with Gasteiger partial charge in [-0.15, -0.1) is 11.3 Å². The standard InChI is InChI=1S/C13H16ClNO2S2/c1-9(19(2)16)8-15-13(10-4-3-7-17-10)11-5-6-12(14)18-11/h3-7,9,13,15H,8H2,1-2H3. The van der Waals surface area contributed by atoms with Gasteiger partial charge in [0.05, 0.1) is 10.6 Å². The molecule has 0 bridgehead atoms. The highest BCUT2D eigenvalue weighted by molar-refractivity contribution is 7.84. The van der Waals surface area contributed by atoms with Crippen molar-refractivity contribution >= 4 is 33.7 Å². The van der Waals surface area contributed by atoms with E-state index in [2.05, 4.69) is 5.32 Å². The summed E-state index contributed by atoms with van der Waals surface area (Å²) in [6.45, 7) is 2.62. The third kappa shape index (κ3) is 3.92. The van der Waals surface area contributed by atoms with Crippen molar-refractivity contribution in [3.05, 3.63) is 45.5 Å². The lowest BCUT2D eigenvalue weighted by atomic mass is 10.2. The zero-order chi connectivity index (χ0) is 13.8. The molecule has 3 unspecified atom stereocenters. The Morgan fingerprint density at radius 1 is 1.47 bits per heavy atom. The van der Waals surface area contributed by atoms with Crippen LogP contribution in [0, 0.1) is 0 Å². The van der Waals surface area contributed by atoms with Crippen LogP contribution in [-0.4, -0.2) is 22.3 Å². The molecule has 19 heavy (non-hydrogen) atoms. The summed E-state index contributed by atoms with van der Waals surface area (Å²) < 4.78 is 17.6. The molecule has 3 nitrogen and oxygen atoms in total. The molecule has 104 valence electrons. The lowest BCUT2D eigenvalue weighted by Gasteiger charge is -2.17. The highest BCUT2D eigenvalue weighted by atomic mass is 35.5. The van der Waals surface area contributed by atoms with Gasteiger partial charge in [-0.1, -0.05) is 11.6 Å². The Hall–Kier alpha value is -0.620. The summed E-state index contributed by atoms with van der Waals surface area (Å²) in [6, 6.07) is 7.61. The van der Waals surface area contributed by atoms with E-state index in [1.165, 1.54) is 11.3 Å². The van der Waals surface area contributed by atoms with Crippen molar-refractivity contribution in [2.24, 2.45) is 0 Å². The molecule has 0 amide bonds. The molecular formula is C13H16ClNO2S2. The Balaban J connectivity index is 2.14. The summed E-state index contributed by atoms with van der Waals surface area (Å²) in [7, 11) is -0.840. The topological polar surface area (TPSA) is 42.2 Å². The van der Waals surface area contributed by atoms with Crippen molar-refractivity contribution < 1.29 is 8.63 Å². The first-order valence-electron chi connectivity index (χ1n) is 5.92. The third-order valence-corrected chi connectivity index (χ3v) is 5.48. The van der Waals surface area contributed by atoms with Gasteiger partial charge >= 0.3 is 0 Å². The van der Waals surface area contributed by atoms with E-state index in [1.54, 1.807) is 12.5 Å². The van der Waals surface area contributed by atoms with Gasteiger partial charge in [-0.05, 0) is 31.2 Å². The molecule has 2 heterocycles. The number of furan rings is 1. The zero-order valence-corrected chi connectivity index (χ0v) is 13.1. The van der Waals surface area contributed by atoms with Gasteiger partial charge in [-0.3, -0.25) is 4.21 Å². The Morgan fingerprint density at radius 3 is 2.79 bits per heavy atom. The van der Waals surface area contributed by atoms with E-state index in [0.29, 0.717) is 6.54 Å². The first-order chi connectivity index (χ1) is 9.08. The van der Waals surface area contributed by atoms with Crippen LogP contribution in [0.1, 0.15) is 23.6 Å². The quantitative estimate of drug-likeness (QED) is 0.887. The van der Waals surface area contributed by atoms with Crippen LogP contribution < -0.4 is 5.32 Å². The summed E-state index contributed by atoms with van der Waals surface area (Å²) in [6.07, 6.45) is 3.37. The Morgan fingerprint density at radius 2 is 2.26 bits per heavy atom. The van der Waals surface area contributed by atoms with Crippen molar-refractivity contribution in [2.75, 3.05) is 12.8 Å². The van der Waals surface area contributed by atoms with E-state index >= 15 is 0 Å². The molecule has 2 rings (SSSR count). The van der Waals surface area contributed by atoms with Crippen molar-refractivity contribution in [1.82, 2.24) is 5.32 Å². The lowest BCUT2D eigenvalue weighted by molar-refractivity contribution is 0.450. The molecule has 6 heteroatoms. The van der Waals surface area contributed by atoms with E-state index in [1.807, 2.05) is 31.2 Å². The van der Waals surface area contributed by atoms with Crippen LogP contribution in [-0.2, 0) is 10.8 Å². The van der Waals surface area contributed by atoms with Gasteiger partial charge in [0, 0.05) is 33.7 Å². The smallest absolute Gasteiger partial charge is 0.126 e. The van der Waals surface area contributed by atoms with Crippen LogP contribution in [0.5, 0.6) is 0 Å². The predicted molar refractivity (Wildman–Crippen MR) is 81.4 cm³/mol. The fourth-order valence-electron chi connectivity index (χ4n) is 1.68. The van der Waals surface area contributed by atoms with Gasteiger partial charge in [0.15, 0.2) is 0 Å². The first kappa shape index (κ1) is 14.8. The number of rotatable bonds is 6. The van der Waals surface area contributed by atoms with Crippen LogP contribution in [0.15, 0.2) is 34.9 Å². The molecule has 0 saturated carbocycles. The predicted octanol–water partition coefficient (Wildman–Crippen LogP) is 3.44. The highest BCUT2D eigenvalue weighted by Crippen LogP contribution is 2.31. The lowest BCUT2D eigenvalue weighted by Crippen LogP contribution is -2.31. The van der Waals surface area contributed by atoms with Crippen LogP contribution >= 0.6 is 22.9 Å². The van der Waals surface area contributed by atoms with Gasteiger partial charge < -0.3 is 9.73 Å². The molecule has 0 aliphatic heterocycles. The van der Waals surface area contributed by atoms with E-state index in [0.717, 1.165) is 15.0 Å². The van der Waals surface area contributed by atoms with E-state index in [9.17, 15) is 4.21 Å². The fourth-order valence-corrected chi connectivity index (χ4v) is 3.16. The number of hydrogen-bond donors (Lipinski definition) is 1. The van der Waals surface area contributed by atoms with Gasteiger partial charge in [-0.2, -0.15) is 0 Å². The molecular weight excluding hydrogens is 302 g/mol. The summed E-state index contributed by atoms with van der Waals surface area (Å²) in [4.78, 5) is 1.09. The summed E-state index contributed by atoms with van der Waals surface area (Å²) >= 11 is 7.51. The Bertz CT molecular complexity index is 539. The molecule has 0 spiro atoms. The molecule has 0 aliphatic rings. The van der Waals surface area contributed by atoms with Gasteiger partial charge in [0.2, 0.25) is 0 Å². The second-order valence-corrected chi connectivity index (χ2v) is 7.86. The number of nitrogens with one attached hydrogen (secondary N) is 1. The largest absolute Gasteiger partial charge is 0.467 e. The second-order valence-electron chi connectivity index (χ2n) is 4.31. The van der Waals surface area contributed by atoms with Crippen LogP contribution in [0.3, 0.4) is 0 Å². The fraction of sp³-hybridized carbons (Fsp3) is 0.385. The first-order valence-corrected chi connectivity index (χ1v) is 8.73. The molecule has 0 aliphatic carbocycles. The maximum atomic E-state index is 11.4. The van der Waals surface area contributed by atoms with Crippen molar-refractivity contribution in [1.29, 1.82) is 0 Å². The SMILES string of the molecule is CC(CNC(c1ccco1)c1ccc(Cl)s1)S(C)=O. The average molecular weight is 318 g/mol. The molecule has 2 aromatic rings. The third-order valence-electron chi connectivity index (χ3n) is 2.88. The minimum absolute atomic E-state index is 0.0431. The molecule has 0 saturated heterocycles. The summed E-state index contributed by atoms with van der Waals surface area (Å²) in [5.74, 6) is 0.840. The molecule has 0 aromatic carbocycles. The number of thiophene rings is 1. The maximum absolute atomic E-state index is 11.4. The van der Waals surface area contributed by atoms with E-state index in [4.69, 9.17) is 16.0 Å². The van der Waals surface area contributed by atoms with Crippen LogP contribution in [0.4, 0.5) is 0 Å². The molecule has 1 N–H and O–H groups in total. The van der Waals surface area contributed by atoms with Crippen molar-refractivity contribution in [2.45, 2.75) is 18.2 Å². The summed E-state index contributed by atoms with van der Waals surface area (Å²) in [5.41, 5.74) is 0. The van der Waals surface area contributed by atoms with Gasteiger partial charge in [-0.25, -0.2) is 0 Å². The zero-order valence-electron chi connectivity index (χ0n) is 10.8. The van der Waals surface area contributed by atoms with Gasteiger partial charge in [0.1, 0.15) is 11.8 Å². The molecule has 0 radical (unpaired) electrons. The number of halogens is 1. The molecule has 0 fully saturated rings. The van der Waals surface area contributed by atoms with E-state index < -0.39 is 10.8 Å². The molecule has 3 atom stereocenters.